The van der Waals surface area contributed by atoms with Crippen molar-refractivity contribution >= 4 is 78.7 Å². The Kier molecular flexibility index (Phi) is 4.27. The lowest BCUT2D eigenvalue weighted by molar-refractivity contribution is 0.0975. The fourth-order valence-corrected chi connectivity index (χ4v) is 6.89. The highest BCUT2D eigenvalue weighted by molar-refractivity contribution is 7.27. The first-order valence-corrected chi connectivity index (χ1v) is 12.6. The summed E-state index contributed by atoms with van der Waals surface area (Å²) in [5.74, 6) is -1.17. The molecule has 172 valence electrons. The molecule has 0 amide bonds. The summed E-state index contributed by atoms with van der Waals surface area (Å²) in [6.07, 6.45) is 3.11. The quantitative estimate of drug-likeness (QED) is 0.241. The SMILES string of the molecule is Cn1c2nc(C=C3C(=O)c4ccccc4C3=O)sc2c2sc(C=C3C(=O)c4ccccc4C3=O)nc21. The summed E-state index contributed by atoms with van der Waals surface area (Å²) in [4.78, 5) is 60.3. The zero-order valence-corrected chi connectivity index (χ0v) is 20.2. The first-order chi connectivity index (χ1) is 17.4. The second-order valence-corrected chi connectivity index (χ2v) is 10.6. The smallest absolute Gasteiger partial charge is 0.197 e. The van der Waals surface area contributed by atoms with E-state index in [9.17, 15) is 19.2 Å². The second-order valence-electron chi connectivity index (χ2n) is 8.49. The van der Waals surface area contributed by atoms with E-state index in [1.165, 1.54) is 22.7 Å². The molecule has 0 saturated heterocycles. The lowest BCUT2D eigenvalue weighted by Gasteiger charge is -1.93. The molecule has 0 bridgehead atoms. The van der Waals surface area contributed by atoms with Gasteiger partial charge in [0.05, 0.1) is 20.5 Å². The standard InChI is InChI=1S/C27H13N3O4S2/c1-30-26-24(35-18(28-26)10-16-20(31)12-6-2-3-7-13(12)21(16)32)25-27(30)29-19(36-25)11-17-22(33)14-8-4-5-9-15(14)23(17)34/h2-11H,1H3. The van der Waals surface area contributed by atoms with E-state index in [0.717, 1.165) is 9.40 Å². The van der Waals surface area contributed by atoms with Crippen molar-refractivity contribution in [2.75, 3.05) is 0 Å². The van der Waals surface area contributed by atoms with E-state index < -0.39 is 0 Å². The van der Waals surface area contributed by atoms with Crippen LogP contribution in [0.3, 0.4) is 0 Å². The van der Waals surface area contributed by atoms with Crippen LogP contribution in [0.25, 0.3) is 32.8 Å². The molecule has 2 aliphatic rings. The molecule has 0 atom stereocenters. The predicted octanol–water partition coefficient (Wildman–Crippen LogP) is 5.17. The van der Waals surface area contributed by atoms with Gasteiger partial charge in [-0.25, -0.2) is 9.97 Å². The molecule has 5 aromatic rings. The Bertz CT molecular complexity index is 1720. The minimum absolute atomic E-state index is 0.110. The molecule has 2 aromatic carbocycles. The van der Waals surface area contributed by atoms with Crippen LogP contribution in [0.4, 0.5) is 0 Å². The summed E-state index contributed by atoms with van der Waals surface area (Å²) in [5, 5.41) is 1.10. The van der Waals surface area contributed by atoms with Crippen molar-refractivity contribution in [3.8, 4) is 0 Å². The molecule has 0 N–H and O–H groups in total. The van der Waals surface area contributed by atoms with Gasteiger partial charge in [-0.2, -0.15) is 0 Å². The minimum atomic E-state index is -0.293. The van der Waals surface area contributed by atoms with Crippen molar-refractivity contribution in [2.45, 2.75) is 0 Å². The van der Waals surface area contributed by atoms with Crippen LogP contribution >= 0.6 is 22.7 Å². The van der Waals surface area contributed by atoms with Crippen molar-refractivity contribution in [3.63, 3.8) is 0 Å². The number of carbonyl (C=O) groups is 4. The number of Topliss-reactive ketones (excluding diaryl/α,β-unsaturated/α-hetero) is 4. The van der Waals surface area contributed by atoms with Gasteiger partial charge in [0.25, 0.3) is 0 Å². The van der Waals surface area contributed by atoms with Crippen molar-refractivity contribution in [1.82, 2.24) is 14.5 Å². The summed E-state index contributed by atoms with van der Waals surface area (Å²) in [5.41, 5.74) is 3.25. The molecule has 3 heterocycles. The van der Waals surface area contributed by atoms with E-state index in [-0.39, 0.29) is 34.3 Å². The average molecular weight is 508 g/mol. The van der Waals surface area contributed by atoms with Gasteiger partial charge >= 0.3 is 0 Å². The van der Waals surface area contributed by atoms with Crippen LogP contribution < -0.4 is 0 Å². The van der Waals surface area contributed by atoms with Crippen LogP contribution in [0.5, 0.6) is 0 Å². The Labute approximate surface area is 211 Å². The van der Waals surface area contributed by atoms with Crippen molar-refractivity contribution in [1.29, 1.82) is 0 Å². The highest BCUT2D eigenvalue weighted by Crippen LogP contribution is 2.39. The number of nitrogens with zero attached hydrogens (tertiary/aromatic N) is 3. The molecule has 0 unspecified atom stereocenters. The Hall–Kier alpha value is -4.34. The molecule has 9 heteroatoms. The monoisotopic (exact) mass is 507 g/mol. The number of rotatable bonds is 2. The van der Waals surface area contributed by atoms with Crippen molar-refractivity contribution in [3.05, 3.63) is 91.9 Å². The maximum atomic E-state index is 12.8. The third kappa shape index (κ3) is 2.78. The van der Waals surface area contributed by atoms with Crippen molar-refractivity contribution in [2.24, 2.45) is 7.05 Å². The van der Waals surface area contributed by atoms with E-state index in [2.05, 4.69) is 9.97 Å². The number of hydrogen-bond donors (Lipinski definition) is 0. The average Bonchev–Trinajstić information content (AvgIpc) is 3.65. The lowest BCUT2D eigenvalue weighted by atomic mass is 10.1. The normalized spacial score (nSPS) is 14.9. The number of ketones is 4. The molecule has 7 rings (SSSR count). The maximum Gasteiger partial charge on any atom is 0.197 e. The minimum Gasteiger partial charge on any atom is -0.312 e. The Balaban J connectivity index is 1.29. The summed E-state index contributed by atoms with van der Waals surface area (Å²) >= 11 is 2.73. The predicted molar refractivity (Wildman–Crippen MR) is 138 cm³/mol. The second kappa shape index (κ2) is 7.33. The van der Waals surface area contributed by atoms with Gasteiger partial charge in [0.2, 0.25) is 0 Å². The van der Waals surface area contributed by atoms with E-state index >= 15 is 0 Å². The van der Waals surface area contributed by atoms with Crippen LogP contribution in [-0.4, -0.2) is 37.7 Å². The molecular weight excluding hydrogens is 494 g/mol. The van der Waals surface area contributed by atoms with Crippen molar-refractivity contribution < 1.29 is 19.2 Å². The highest BCUT2D eigenvalue weighted by Gasteiger charge is 2.34. The molecule has 0 radical (unpaired) electrons. The largest absolute Gasteiger partial charge is 0.312 e. The van der Waals surface area contributed by atoms with Crippen LogP contribution in [0.1, 0.15) is 51.4 Å². The molecule has 0 aliphatic heterocycles. The Morgan fingerprint density at radius 1 is 0.611 bits per heavy atom. The summed E-state index contributed by atoms with van der Waals surface area (Å²) < 4.78 is 3.57. The molecule has 0 fully saturated rings. The number of benzene rings is 2. The number of fused-ring (bicyclic) bond motifs is 5. The number of aromatic nitrogens is 3. The Morgan fingerprint density at radius 2 is 0.944 bits per heavy atom. The highest BCUT2D eigenvalue weighted by atomic mass is 32.1. The van der Waals surface area contributed by atoms with Gasteiger partial charge in [0, 0.05) is 29.3 Å². The maximum absolute atomic E-state index is 12.8. The van der Waals surface area contributed by atoms with Crippen LogP contribution in [0, 0.1) is 0 Å². The number of carbonyl (C=O) groups excluding carboxylic acids is 4. The van der Waals surface area contributed by atoms with Crippen LogP contribution in [0.15, 0.2) is 59.7 Å². The van der Waals surface area contributed by atoms with Crippen LogP contribution in [0.2, 0.25) is 0 Å². The van der Waals surface area contributed by atoms with Gasteiger partial charge in [-0.1, -0.05) is 48.5 Å². The third-order valence-electron chi connectivity index (χ3n) is 6.44. The van der Waals surface area contributed by atoms with Gasteiger partial charge in [0.15, 0.2) is 34.4 Å². The van der Waals surface area contributed by atoms with E-state index in [1.54, 1.807) is 60.7 Å². The van der Waals surface area contributed by atoms with Gasteiger partial charge in [-0.05, 0) is 12.2 Å². The topological polar surface area (TPSA) is 99.0 Å². The number of hydrogen-bond acceptors (Lipinski definition) is 8. The van der Waals surface area contributed by atoms with Gasteiger partial charge in [0.1, 0.15) is 10.0 Å². The zero-order chi connectivity index (χ0) is 24.7. The van der Waals surface area contributed by atoms with E-state index in [1.807, 2.05) is 11.6 Å². The van der Waals surface area contributed by atoms with Crippen LogP contribution in [-0.2, 0) is 7.05 Å². The van der Waals surface area contributed by atoms with Gasteiger partial charge in [-0.3, -0.25) is 19.2 Å². The third-order valence-corrected chi connectivity index (χ3v) is 8.59. The first-order valence-electron chi connectivity index (χ1n) is 11.0. The van der Waals surface area contributed by atoms with Gasteiger partial charge in [-0.15, -0.1) is 22.7 Å². The van der Waals surface area contributed by atoms with E-state index in [0.29, 0.717) is 43.6 Å². The number of allylic oxidation sites excluding steroid dienone is 2. The van der Waals surface area contributed by atoms with E-state index in [4.69, 9.17) is 0 Å². The fourth-order valence-electron chi connectivity index (χ4n) is 4.68. The molecule has 2 aliphatic carbocycles. The number of thiazole rings is 2. The number of aryl methyl sites for hydroxylation is 1. The summed E-state index contributed by atoms with van der Waals surface area (Å²) in [6, 6.07) is 13.6. The molecule has 0 saturated carbocycles. The molecule has 3 aromatic heterocycles. The Morgan fingerprint density at radius 3 is 1.28 bits per heavy atom. The summed E-state index contributed by atoms with van der Waals surface area (Å²) in [6.45, 7) is 0. The van der Waals surface area contributed by atoms with Gasteiger partial charge < -0.3 is 4.57 Å². The molecular formula is C27H13N3O4S2. The summed E-state index contributed by atoms with van der Waals surface area (Å²) in [7, 11) is 1.83. The first kappa shape index (κ1) is 21.0. The molecule has 0 spiro atoms. The molecule has 36 heavy (non-hydrogen) atoms. The fraction of sp³-hybridized carbons (Fsp3) is 0.0370. The lowest BCUT2D eigenvalue weighted by Crippen LogP contribution is -2.00. The molecule has 7 nitrogen and oxygen atoms in total. The zero-order valence-electron chi connectivity index (χ0n) is 18.6.